The van der Waals surface area contributed by atoms with E-state index in [4.69, 9.17) is 14.2 Å². The highest BCUT2D eigenvalue weighted by Crippen LogP contribution is 2.27. The van der Waals surface area contributed by atoms with E-state index >= 15 is 0 Å². The van der Waals surface area contributed by atoms with E-state index in [-0.39, 0.29) is 70.2 Å². The number of piperazine rings is 1. The van der Waals surface area contributed by atoms with Gasteiger partial charge in [0.1, 0.15) is 23.5 Å². The number of carbonyl (C=O) groups is 6. The standard InChI is InChI=1S/C32H41N5O11/c1-4-46-31(44)25-15-20(38)17-37(25)27(39)18-48-26-16-24(33-23-14-19(3)6-7-21(23)26)29(42)34-22(8-9-28(40)41)30(43)35-10-12-36(13-11-35)32(45)47-5-2/h6-7,14,16,20,22,25,38H,4-5,8-13,15,17-18H2,1-3H3,(H,34,42)(H,40,41)/t20-,22?,25+/m1/s1. The van der Waals surface area contributed by atoms with E-state index in [1.54, 1.807) is 32.0 Å². The smallest absolute Gasteiger partial charge is 0.409 e. The summed E-state index contributed by atoms with van der Waals surface area (Å²) in [7, 11) is 0. The van der Waals surface area contributed by atoms with Crippen LogP contribution < -0.4 is 10.1 Å². The summed E-state index contributed by atoms with van der Waals surface area (Å²) in [5.74, 6) is -3.49. The van der Waals surface area contributed by atoms with Gasteiger partial charge in [-0.2, -0.15) is 0 Å². The van der Waals surface area contributed by atoms with Gasteiger partial charge < -0.3 is 44.4 Å². The first-order valence-electron chi connectivity index (χ1n) is 15.8. The molecule has 1 aromatic heterocycles. The van der Waals surface area contributed by atoms with Crippen LogP contribution in [0.2, 0.25) is 0 Å². The Labute approximate surface area is 276 Å². The van der Waals surface area contributed by atoms with Crippen LogP contribution >= 0.6 is 0 Å². The van der Waals surface area contributed by atoms with Crippen LogP contribution in [0.25, 0.3) is 10.9 Å². The number of aliphatic hydroxyl groups excluding tert-OH is 1. The average molecular weight is 672 g/mol. The predicted octanol–water partition coefficient (Wildman–Crippen LogP) is 0.711. The molecule has 1 unspecified atom stereocenters. The van der Waals surface area contributed by atoms with Gasteiger partial charge in [0.2, 0.25) is 5.91 Å². The summed E-state index contributed by atoms with van der Waals surface area (Å²) in [4.78, 5) is 84.7. The van der Waals surface area contributed by atoms with Crippen molar-refractivity contribution in [1.82, 2.24) is 25.0 Å². The molecule has 2 aliphatic rings. The number of carboxylic acid groups (broad SMARTS) is 1. The first-order chi connectivity index (χ1) is 22.9. The van der Waals surface area contributed by atoms with Crippen molar-refractivity contribution in [2.75, 3.05) is 52.5 Å². The molecule has 4 rings (SSSR count). The Morgan fingerprint density at radius 2 is 1.69 bits per heavy atom. The number of β-amino-alcohol motifs (C(OH)–C–C–N with tert-alkyl or cyclic N) is 1. The molecule has 2 saturated heterocycles. The second-order valence-corrected chi connectivity index (χ2v) is 11.5. The third-order valence-electron chi connectivity index (χ3n) is 8.04. The number of pyridine rings is 1. The minimum Gasteiger partial charge on any atom is -0.483 e. The number of likely N-dealkylation sites (tertiary alicyclic amines) is 1. The summed E-state index contributed by atoms with van der Waals surface area (Å²) >= 11 is 0. The first-order valence-corrected chi connectivity index (χ1v) is 15.8. The van der Waals surface area contributed by atoms with Crippen molar-refractivity contribution >= 4 is 46.7 Å². The van der Waals surface area contributed by atoms with Crippen molar-refractivity contribution in [3.05, 3.63) is 35.5 Å². The maximum absolute atomic E-state index is 13.6. The monoisotopic (exact) mass is 671 g/mol. The van der Waals surface area contributed by atoms with Gasteiger partial charge in [0, 0.05) is 57.0 Å². The molecule has 2 aliphatic heterocycles. The quantitative estimate of drug-likeness (QED) is 0.267. The summed E-state index contributed by atoms with van der Waals surface area (Å²) in [6, 6.07) is 4.39. The van der Waals surface area contributed by atoms with Gasteiger partial charge in [-0.15, -0.1) is 0 Å². The zero-order chi connectivity index (χ0) is 35.0. The SMILES string of the molecule is CCOC(=O)[C@@H]1C[C@@H](O)CN1C(=O)COc1cc(C(=O)NC(CCC(=O)O)C(=O)N2CCN(C(=O)OCC)CC2)nc2cc(C)ccc12. The summed E-state index contributed by atoms with van der Waals surface area (Å²) in [5, 5.41) is 22.5. The van der Waals surface area contributed by atoms with Gasteiger partial charge in [-0.3, -0.25) is 19.2 Å². The van der Waals surface area contributed by atoms with Crippen molar-refractivity contribution in [1.29, 1.82) is 0 Å². The predicted molar refractivity (Wildman–Crippen MR) is 168 cm³/mol. The molecule has 2 aromatic rings. The summed E-state index contributed by atoms with van der Waals surface area (Å²) in [6.45, 7) is 5.67. The number of amides is 4. The number of carbonyl (C=O) groups excluding carboxylic acids is 5. The van der Waals surface area contributed by atoms with Crippen molar-refractivity contribution in [3.8, 4) is 5.75 Å². The molecule has 0 radical (unpaired) electrons. The lowest BCUT2D eigenvalue weighted by molar-refractivity contribution is -0.153. The number of ether oxygens (including phenoxy) is 3. The molecule has 16 heteroatoms. The fourth-order valence-electron chi connectivity index (χ4n) is 5.62. The van der Waals surface area contributed by atoms with Gasteiger partial charge >= 0.3 is 18.0 Å². The van der Waals surface area contributed by atoms with Crippen LogP contribution in [-0.4, -0.2) is 136 Å². The molecule has 260 valence electrons. The molecule has 48 heavy (non-hydrogen) atoms. The Hall–Kier alpha value is -4.99. The zero-order valence-electron chi connectivity index (χ0n) is 27.2. The summed E-state index contributed by atoms with van der Waals surface area (Å²) in [6.07, 6.45) is -1.93. The van der Waals surface area contributed by atoms with E-state index in [0.717, 1.165) is 5.56 Å². The number of carboxylic acids is 1. The maximum atomic E-state index is 13.6. The molecule has 16 nitrogen and oxygen atoms in total. The molecule has 0 bridgehead atoms. The highest BCUT2D eigenvalue weighted by Gasteiger charge is 2.40. The fourth-order valence-corrected chi connectivity index (χ4v) is 5.62. The molecule has 3 N–H and O–H groups in total. The van der Waals surface area contributed by atoms with Crippen LogP contribution in [0.15, 0.2) is 24.3 Å². The van der Waals surface area contributed by atoms with Gasteiger partial charge in [0.15, 0.2) is 6.61 Å². The van der Waals surface area contributed by atoms with Crippen LogP contribution in [0.1, 0.15) is 49.2 Å². The lowest BCUT2D eigenvalue weighted by atomic mass is 10.1. The number of benzene rings is 1. The summed E-state index contributed by atoms with van der Waals surface area (Å²) < 4.78 is 15.9. The topological polar surface area (TPSA) is 205 Å². The van der Waals surface area contributed by atoms with Crippen LogP contribution in [0.5, 0.6) is 5.75 Å². The number of fused-ring (bicyclic) bond motifs is 1. The average Bonchev–Trinajstić information content (AvgIpc) is 3.46. The molecule has 0 saturated carbocycles. The molecule has 3 heterocycles. The fraction of sp³-hybridized carbons (Fsp3) is 0.531. The molecule has 4 amide bonds. The number of nitrogens with one attached hydrogen (secondary N) is 1. The van der Waals surface area contributed by atoms with Crippen LogP contribution in [-0.2, 0) is 28.7 Å². The first kappa shape index (κ1) is 35.9. The Kier molecular flexibility index (Phi) is 12.1. The zero-order valence-corrected chi connectivity index (χ0v) is 27.2. The Morgan fingerprint density at radius 3 is 2.35 bits per heavy atom. The van der Waals surface area contributed by atoms with Gasteiger partial charge in [0.05, 0.1) is 24.8 Å². The second kappa shape index (κ2) is 16.2. The Balaban J connectivity index is 1.52. The number of aryl methyl sites for hydroxylation is 1. The third-order valence-corrected chi connectivity index (χ3v) is 8.04. The van der Waals surface area contributed by atoms with Crippen molar-refractivity contribution in [3.63, 3.8) is 0 Å². The third kappa shape index (κ3) is 8.87. The molecule has 0 spiro atoms. The van der Waals surface area contributed by atoms with E-state index in [1.165, 1.54) is 20.8 Å². The van der Waals surface area contributed by atoms with Crippen LogP contribution in [0.3, 0.4) is 0 Å². The molecular formula is C32H41N5O11. The number of aliphatic hydroxyl groups is 1. The Bertz CT molecular complexity index is 1540. The highest BCUT2D eigenvalue weighted by molar-refractivity contribution is 5.99. The number of aliphatic carboxylic acids is 1. The highest BCUT2D eigenvalue weighted by atomic mass is 16.6. The van der Waals surface area contributed by atoms with E-state index < -0.39 is 67.0 Å². The summed E-state index contributed by atoms with van der Waals surface area (Å²) in [5.41, 5.74) is 1.06. The van der Waals surface area contributed by atoms with E-state index in [2.05, 4.69) is 10.3 Å². The minimum absolute atomic E-state index is 0.0369. The van der Waals surface area contributed by atoms with Gasteiger partial charge in [-0.1, -0.05) is 6.07 Å². The van der Waals surface area contributed by atoms with Crippen molar-refractivity contribution < 1.29 is 53.2 Å². The number of nitrogens with zero attached hydrogens (tertiary/aromatic N) is 4. The maximum Gasteiger partial charge on any atom is 0.409 e. The number of hydrogen-bond acceptors (Lipinski definition) is 11. The Morgan fingerprint density at radius 1 is 1.00 bits per heavy atom. The largest absolute Gasteiger partial charge is 0.483 e. The minimum atomic E-state index is -1.20. The van der Waals surface area contributed by atoms with Crippen molar-refractivity contribution in [2.24, 2.45) is 0 Å². The molecule has 1 aromatic carbocycles. The number of hydrogen-bond donors (Lipinski definition) is 3. The molecular weight excluding hydrogens is 630 g/mol. The van der Waals surface area contributed by atoms with Gasteiger partial charge in [0.25, 0.3) is 11.8 Å². The normalized spacial score (nSPS) is 18.3. The van der Waals surface area contributed by atoms with E-state index in [0.29, 0.717) is 10.9 Å². The van der Waals surface area contributed by atoms with Gasteiger partial charge in [-0.05, 0) is 44.9 Å². The van der Waals surface area contributed by atoms with Crippen LogP contribution in [0, 0.1) is 6.92 Å². The number of esters is 1. The van der Waals surface area contributed by atoms with E-state index in [9.17, 15) is 39.0 Å². The number of rotatable bonds is 12. The van der Waals surface area contributed by atoms with E-state index in [1.807, 2.05) is 6.92 Å². The molecule has 2 fully saturated rings. The second-order valence-electron chi connectivity index (χ2n) is 11.5. The molecule has 3 atom stereocenters. The number of aromatic nitrogens is 1. The van der Waals surface area contributed by atoms with Crippen molar-refractivity contribution in [2.45, 2.75) is 58.2 Å². The van der Waals surface area contributed by atoms with Crippen LogP contribution in [0.4, 0.5) is 4.79 Å². The lowest BCUT2D eigenvalue weighted by Crippen LogP contribution is -2.56. The lowest BCUT2D eigenvalue weighted by Gasteiger charge is -2.35. The van der Waals surface area contributed by atoms with Gasteiger partial charge in [-0.25, -0.2) is 14.6 Å². The molecule has 0 aliphatic carbocycles.